The summed E-state index contributed by atoms with van der Waals surface area (Å²) >= 11 is 0. The number of amides is 1. The first kappa shape index (κ1) is 12.8. The summed E-state index contributed by atoms with van der Waals surface area (Å²) in [6, 6.07) is 0.175. The molecule has 5 nitrogen and oxygen atoms in total. The van der Waals surface area contributed by atoms with E-state index in [1.165, 1.54) is 0 Å². The molecule has 1 spiro atoms. The Morgan fingerprint density at radius 2 is 2.29 bits per heavy atom. The van der Waals surface area contributed by atoms with Crippen LogP contribution in [0.5, 0.6) is 0 Å². The summed E-state index contributed by atoms with van der Waals surface area (Å²) in [5, 5.41) is 6.43. The lowest BCUT2D eigenvalue weighted by Crippen LogP contribution is -2.54. The van der Waals surface area contributed by atoms with Crippen LogP contribution < -0.4 is 10.6 Å². The molecule has 1 amide bonds. The Labute approximate surface area is 102 Å². The van der Waals surface area contributed by atoms with E-state index in [1.54, 1.807) is 7.11 Å². The second kappa shape index (κ2) is 5.80. The van der Waals surface area contributed by atoms with Crippen LogP contribution in [0.2, 0.25) is 0 Å². The Kier molecular flexibility index (Phi) is 4.36. The zero-order chi connectivity index (χ0) is 12.1. The predicted molar refractivity (Wildman–Crippen MR) is 63.8 cm³/mol. The minimum Gasteiger partial charge on any atom is -0.384 e. The number of carbonyl (C=O) groups excluding carboxylic acids is 1. The Balaban J connectivity index is 1.88. The van der Waals surface area contributed by atoms with E-state index in [4.69, 9.17) is 9.47 Å². The third-order valence-corrected chi connectivity index (χ3v) is 3.75. The minimum absolute atomic E-state index is 0.0697. The molecule has 17 heavy (non-hydrogen) atoms. The first-order valence-corrected chi connectivity index (χ1v) is 6.40. The van der Waals surface area contributed by atoms with Crippen LogP contribution in [0.25, 0.3) is 0 Å². The summed E-state index contributed by atoms with van der Waals surface area (Å²) in [4.78, 5) is 11.7. The van der Waals surface area contributed by atoms with Crippen LogP contribution in [0.3, 0.4) is 0 Å². The van der Waals surface area contributed by atoms with Gasteiger partial charge in [0.25, 0.3) is 0 Å². The van der Waals surface area contributed by atoms with Crippen molar-refractivity contribution in [1.82, 2.24) is 10.6 Å². The smallest absolute Gasteiger partial charge is 0.222 e. The topological polar surface area (TPSA) is 59.6 Å². The second-order valence-electron chi connectivity index (χ2n) is 4.81. The first-order valence-electron chi connectivity index (χ1n) is 6.40. The molecule has 0 aromatic rings. The van der Waals surface area contributed by atoms with Crippen LogP contribution in [-0.4, -0.2) is 51.0 Å². The SMILES string of the molecule is COCCC(=O)NC1CCOC12CCNCC2. The van der Waals surface area contributed by atoms with E-state index in [0.29, 0.717) is 13.0 Å². The van der Waals surface area contributed by atoms with Crippen molar-refractivity contribution < 1.29 is 14.3 Å². The van der Waals surface area contributed by atoms with E-state index in [1.807, 2.05) is 0 Å². The molecule has 2 aliphatic rings. The maximum absolute atomic E-state index is 11.7. The standard InChI is InChI=1S/C12H22N2O3/c1-16-8-3-11(15)14-10-2-9-17-12(10)4-6-13-7-5-12/h10,13H,2-9H2,1H3,(H,14,15). The van der Waals surface area contributed by atoms with Crippen LogP contribution in [-0.2, 0) is 14.3 Å². The first-order chi connectivity index (χ1) is 8.27. The monoisotopic (exact) mass is 242 g/mol. The highest BCUT2D eigenvalue weighted by atomic mass is 16.5. The fourth-order valence-corrected chi connectivity index (χ4v) is 2.75. The molecular formula is C12H22N2O3. The van der Waals surface area contributed by atoms with Gasteiger partial charge >= 0.3 is 0 Å². The Morgan fingerprint density at radius 3 is 3.00 bits per heavy atom. The van der Waals surface area contributed by atoms with Crippen molar-refractivity contribution in [1.29, 1.82) is 0 Å². The second-order valence-corrected chi connectivity index (χ2v) is 4.81. The molecule has 1 atom stereocenters. The quantitative estimate of drug-likeness (QED) is 0.731. The predicted octanol–water partition coefficient (Wildman–Crippen LogP) is 0.0502. The third kappa shape index (κ3) is 2.97. The van der Waals surface area contributed by atoms with Crippen molar-refractivity contribution in [2.75, 3.05) is 33.4 Å². The fraction of sp³-hybridized carbons (Fsp3) is 0.917. The number of hydrogen-bond donors (Lipinski definition) is 2. The van der Waals surface area contributed by atoms with Crippen molar-refractivity contribution in [2.24, 2.45) is 0 Å². The van der Waals surface area contributed by atoms with E-state index in [-0.39, 0.29) is 17.6 Å². The molecule has 0 aliphatic carbocycles. The molecule has 0 radical (unpaired) electrons. The van der Waals surface area contributed by atoms with Gasteiger partial charge in [-0.3, -0.25) is 4.79 Å². The van der Waals surface area contributed by atoms with Crippen LogP contribution >= 0.6 is 0 Å². The largest absolute Gasteiger partial charge is 0.384 e. The van der Waals surface area contributed by atoms with Crippen molar-refractivity contribution >= 4 is 5.91 Å². The summed E-state index contributed by atoms with van der Waals surface area (Å²) in [5.74, 6) is 0.0697. The molecular weight excluding hydrogens is 220 g/mol. The summed E-state index contributed by atoms with van der Waals surface area (Å²) in [6.07, 6.45) is 3.34. The van der Waals surface area contributed by atoms with Gasteiger partial charge in [0, 0.05) is 20.1 Å². The van der Waals surface area contributed by atoms with Gasteiger partial charge in [-0.1, -0.05) is 0 Å². The van der Waals surface area contributed by atoms with Crippen LogP contribution in [0, 0.1) is 0 Å². The lowest BCUT2D eigenvalue weighted by Gasteiger charge is -2.38. The maximum Gasteiger partial charge on any atom is 0.222 e. The number of hydrogen-bond acceptors (Lipinski definition) is 4. The number of carbonyl (C=O) groups is 1. The van der Waals surface area contributed by atoms with E-state index < -0.39 is 0 Å². The molecule has 0 aromatic carbocycles. The zero-order valence-electron chi connectivity index (χ0n) is 10.5. The molecule has 0 aromatic heterocycles. The Bertz CT molecular complexity index is 264. The van der Waals surface area contributed by atoms with Gasteiger partial charge in [0.15, 0.2) is 0 Å². The molecule has 2 N–H and O–H groups in total. The van der Waals surface area contributed by atoms with Gasteiger partial charge in [0.05, 0.1) is 18.2 Å². The van der Waals surface area contributed by atoms with Gasteiger partial charge in [-0.2, -0.15) is 0 Å². The summed E-state index contributed by atoms with van der Waals surface area (Å²) < 4.78 is 10.8. The number of piperidine rings is 1. The summed E-state index contributed by atoms with van der Waals surface area (Å²) in [7, 11) is 1.61. The molecule has 98 valence electrons. The molecule has 2 aliphatic heterocycles. The molecule has 2 saturated heterocycles. The van der Waals surface area contributed by atoms with Crippen molar-refractivity contribution in [2.45, 2.75) is 37.3 Å². The highest BCUT2D eigenvalue weighted by Crippen LogP contribution is 2.34. The van der Waals surface area contributed by atoms with Gasteiger partial charge < -0.3 is 20.1 Å². The van der Waals surface area contributed by atoms with Gasteiger partial charge in [-0.25, -0.2) is 0 Å². The average Bonchev–Trinajstić information content (AvgIpc) is 2.70. The lowest BCUT2D eigenvalue weighted by atomic mass is 9.85. The average molecular weight is 242 g/mol. The highest BCUT2D eigenvalue weighted by molar-refractivity contribution is 5.76. The van der Waals surface area contributed by atoms with Crippen LogP contribution in [0.15, 0.2) is 0 Å². The minimum atomic E-state index is -0.117. The van der Waals surface area contributed by atoms with Crippen LogP contribution in [0.1, 0.15) is 25.7 Å². The highest BCUT2D eigenvalue weighted by Gasteiger charge is 2.45. The van der Waals surface area contributed by atoms with E-state index in [0.717, 1.165) is 39.0 Å². The molecule has 2 heterocycles. The van der Waals surface area contributed by atoms with Crippen molar-refractivity contribution in [3.8, 4) is 0 Å². The number of methoxy groups -OCH3 is 1. The van der Waals surface area contributed by atoms with E-state index in [9.17, 15) is 4.79 Å². The van der Waals surface area contributed by atoms with E-state index >= 15 is 0 Å². The van der Waals surface area contributed by atoms with Crippen molar-refractivity contribution in [3.05, 3.63) is 0 Å². The molecule has 0 saturated carbocycles. The Hall–Kier alpha value is -0.650. The van der Waals surface area contributed by atoms with Crippen molar-refractivity contribution in [3.63, 3.8) is 0 Å². The number of ether oxygens (including phenoxy) is 2. The summed E-state index contributed by atoms with van der Waals surface area (Å²) in [6.45, 7) is 3.19. The molecule has 0 bridgehead atoms. The van der Waals surface area contributed by atoms with Crippen LogP contribution in [0.4, 0.5) is 0 Å². The third-order valence-electron chi connectivity index (χ3n) is 3.75. The lowest BCUT2D eigenvalue weighted by molar-refractivity contribution is -0.124. The van der Waals surface area contributed by atoms with E-state index in [2.05, 4.69) is 10.6 Å². The Morgan fingerprint density at radius 1 is 1.53 bits per heavy atom. The molecule has 2 rings (SSSR count). The van der Waals surface area contributed by atoms with Gasteiger partial charge in [-0.15, -0.1) is 0 Å². The van der Waals surface area contributed by atoms with Gasteiger partial charge in [0.2, 0.25) is 5.91 Å². The number of rotatable bonds is 4. The normalized spacial score (nSPS) is 27.2. The zero-order valence-corrected chi connectivity index (χ0v) is 10.5. The molecule has 5 heteroatoms. The molecule has 1 unspecified atom stereocenters. The summed E-state index contributed by atoms with van der Waals surface area (Å²) in [5.41, 5.74) is -0.117. The number of nitrogens with one attached hydrogen (secondary N) is 2. The van der Waals surface area contributed by atoms with Gasteiger partial charge in [-0.05, 0) is 32.4 Å². The fourth-order valence-electron chi connectivity index (χ4n) is 2.75. The molecule has 2 fully saturated rings. The maximum atomic E-state index is 11.7. The van der Waals surface area contributed by atoms with Gasteiger partial charge in [0.1, 0.15) is 0 Å².